The number of carbonyl (C=O) groups excluding carboxylic acids is 1. The van der Waals surface area contributed by atoms with Gasteiger partial charge in [-0.25, -0.2) is 0 Å². The van der Waals surface area contributed by atoms with Gasteiger partial charge in [-0.1, -0.05) is 0 Å². The lowest BCUT2D eigenvalue weighted by atomic mass is 10.2. The zero-order chi connectivity index (χ0) is 16.1. The number of anilines is 1. The van der Waals surface area contributed by atoms with E-state index >= 15 is 0 Å². The second-order valence-electron chi connectivity index (χ2n) is 4.12. The van der Waals surface area contributed by atoms with Gasteiger partial charge in [-0.05, 0) is 30.0 Å². The molecule has 1 N–H and O–H groups in total. The van der Waals surface area contributed by atoms with Gasteiger partial charge in [0.2, 0.25) is 11.7 Å². The van der Waals surface area contributed by atoms with E-state index in [0.717, 1.165) is 23.9 Å². The largest absolute Gasteiger partial charge is 0.618 e. The summed E-state index contributed by atoms with van der Waals surface area (Å²) in [5, 5.41) is 24.8. The van der Waals surface area contributed by atoms with Crippen molar-refractivity contribution in [1.29, 1.82) is 0 Å². The molecule has 7 nitrogen and oxygen atoms in total. The van der Waals surface area contributed by atoms with Crippen LogP contribution in [-0.4, -0.2) is 16.6 Å². The van der Waals surface area contributed by atoms with E-state index in [-0.39, 0.29) is 11.4 Å². The molecule has 1 aromatic heterocycles. The van der Waals surface area contributed by atoms with Gasteiger partial charge < -0.3 is 10.5 Å². The predicted molar refractivity (Wildman–Crippen MR) is 77.8 cm³/mol. The Bertz CT molecular complexity index is 726. The molecule has 0 aliphatic carbocycles. The third-order valence-corrected chi connectivity index (χ3v) is 3.58. The van der Waals surface area contributed by atoms with Gasteiger partial charge in [0, 0.05) is 23.9 Å². The number of amides is 1. The third kappa shape index (κ3) is 3.92. The summed E-state index contributed by atoms with van der Waals surface area (Å²) in [5.41, 5.74) is -0.604. The first-order valence-corrected chi connectivity index (χ1v) is 7.00. The molecular weight excluding hydrogens is 313 g/mol. The molecule has 0 saturated heterocycles. The molecule has 0 spiro atoms. The van der Waals surface area contributed by atoms with Crippen molar-refractivity contribution in [2.24, 2.45) is 0 Å². The number of benzene rings is 1. The van der Waals surface area contributed by atoms with Gasteiger partial charge in [-0.3, -0.25) is 14.9 Å². The molecule has 2 aromatic rings. The number of nitro benzene ring substituents is 1. The summed E-state index contributed by atoms with van der Waals surface area (Å²) in [6.45, 7) is 0. The monoisotopic (exact) mass is 323 g/mol. The van der Waals surface area contributed by atoms with Gasteiger partial charge in [0.15, 0.2) is 6.20 Å². The number of pyridine rings is 1. The fourth-order valence-corrected chi connectivity index (χ4v) is 2.31. The van der Waals surface area contributed by atoms with E-state index in [1.165, 1.54) is 12.3 Å². The lowest BCUT2D eigenvalue weighted by molar-refractivity contribution is -0.645. The zero-order valence-corrected chi connectivity index (χ0v) is 11.9. The molecular formula is C13H10FN3O4S. The molecule has 0 unspecified atom stereocenters. The van der Waals surface area contributed by atoms with Crippen molar-refractivity contribution >= 4 is 29.0 Å². The number of rotatable bonds is 5. The smallest absolute Gasteiger partial charge is 0.306 e. The molecule has 114 valence electrons. The Morgan fingerprint density at radius 2 is 2.14 bits per heavy atom. The fraction of sp³-hybridized carbons (Fsp3) is 0.0769. The number of thioether (sulfide) groups is 1. The van der Waals surface area contributed by atoms with E-state index in [1.807, 2.05) is 0 Å². The highest BCUT2D eigenvalue weighted by atomic mass is 32.2. The average molecular weight is 323 g/mol. The van der Waals surface area contributed by atoms with E-state index < -0.39 is 22.3 Å². The lowest BCUT2D eigenvalue weighted by Gasteiger charge is -2.05. The minimum Gasteiger partial charge on any atom is -0.618 e. The van der Waals surface area contributed by atoms with E-state index in [9.17, 15) is 24.5 Å². The molecule has 22 heavy (non-hydrogen) atoms. The number of nitro groups is 1. The Morgan fingerprint density at radius 1 is 1.36 bits per heavy atom. The van der Waals surface area contributed by atoms with Gasteiger partial charge in [0.05, 0.1) is 10.7 Å². The Labute approximate surface area is 128 Å². The molecule has 0 atom stereocenters. The van der Waals surface area contributed by atoms with Gasteiger partial charge in [-0.15, -0.1) is 0 Å². The lowest BCUT2D eigenvalue weighted by Crippen LogP contribution is -2.28. The number of nitrogens with one attached hydrogen (secondary N) is 1. The molecule has 0 saturated carbocycles. The Kier molecular flexibility index (Phi) is 4.89. The van der Waals surface area contributed by atoms with Crippen molar-refractivity contribution in [2.45, 2.75) is 5.03 Å². The summed E-state index contributed by atoms with van der Waals surface area (Å²) in [4.78, 5) is 21.5. The van der Waals surface area contributed by atoms with Crippen LogP contribution in [-0.2, 0) is 4.79 Å². The zero-order valence-electron chi connectivity index (χ0n) is 11.1. The molecule has 1 aromatic carbocycles. The van der Waals surface area contributed by atoms with Crippen molar-refractivity contribution < 1.29 is 18.8 Å². The third-order valence-electron chi connectivity index (χ3n) is 2.57. The number of halogens is 1. The Morgan fingerprint density at radius 3 is 2.82 bits per heavy atom. The van der Waals surface area contributed by atoms with Gasteiger partial charge >= 0.3 is 5.69 Å². The number of carbonyl (C=O) groups is 1. The topological polar surface area (TPSA) is 99.2 Å². The van der Waals surface area contributed by atoms with Crippen LogP contribution in [0.4, 0.5) is 15.8 Å². The van der Waals surface area contributed by atoms with Gasteiger partial charge in [-0.2, -0.15) is 9.12 Å². The second-order valence-corrected chi connectivity index (χ2v) is 5.12. The van der Waals surface area contributed by atoms with Crippen LogP contribution in [0.15, 0.2) is 47.6 Å². The van der Waals surface area contributed by atoms with Crippen LogP contribution >= 0.6 is 11.8 Å². The van der Waals surface area contributed by atoms with Crippen LogP contribution in [0.1, 0.15) is 0 Å². The Hall–Kier alpha value is -2.68. The van der Waals surface area contributed by atoms with Crippen molar-refractivity contribution in [3.63, 3.8) is 0 Å². The van der Waals surface area contributed by atoms with Crippen molar-refractivity contribution in [1.82, 2.24) is 0 Å². The van der Waals surface area contributed by atoms with E-state index in [0.29, 0.717) is 9.76 Å². The van der Waals surface area contributed by atoms with Crippen LogP contribution in [0.3, 0.4) is 0 Å². The maximum Gasteiger partial charge on any atom is 0.306 e. The van der Waals surface area contributed by atoms with Crippen LogP contribution in [0.5, 0.6) is 0 Å². The van der Waals surface area contributed by atoms with Crippen LogP contribution < -0.4 is 10.0 Å². The maximum atomic E-state index is 13.2. The first-order valence-electron chi connectivity index (χ1n) is 6.02. The Balaban J connectivity index is 1.99. The molecule has 1 amide bonds. The molecule has 0 aliphatic heterocycles. The average Bonchev–Trinajstić information content (AvgIpc) is 2.48. The number of hydrogen-bond donors (Lipinski definition) is 1. The second kappa shape index (κ2) is 6.85. The number of nitrogens with zero attached hydrogens (tertiary/aromatic N) is 2. The highest BCUT2D eigenvalue weighted by Crippen LogP contribution is 2.22. The number of hydrogen-bond acceptors (Lipinski definition) is 5. The maximum absolute atomic E-state index is 13.2. The molecule has 0 radical (unpaired) electrons. The first kappa shape index (κ1) is 15.7. The van der Waals surface area contributed by atoms with E-state index in [1.54, 1.807) is 18.2 Å². The van der Waals surface area contributed by atoms with Crippen LogP contribution in [0.2, 0.25) is 0 Å². The summed E-state index contributed by atoms with van der Waals surface area (Å²) >= 11 is 1.02. The summed E-state index contributed by atoms with van der Waals surface area (Å²) in [6, 6.07) is 7.86. The van der Waals surface area contributed by atoms with Crippen molar-refractivity contribution in [3.8, 4) is 0 Å². The standard InChI is InChI=1S/C13H10FN3O4S/c14-10-5-4-9(7-11(10)17(20)21)15-12(18)8-22-13-3-1-2-6-16(13)19/h1-7H,8H2,(H,15,18). The SMILES string of the molecule is O=C(CSc1cccc[n+]1[O-])Nc1ccc(F)c([N+](=O)[O-])c1. The van der Waals surface area contributed by atoms with Crippen LogP contribution in [0.25, 0.3) is 0 Å². The quantitative estimate of drug-likeness (QED) is 0.299. The van der Waals surface area contributed by atoms with Gasteiger partial charge in [0.25, 0.3) is 5.03 Å². The molecule has 0 fully saturated rings. The molecule has 0 bridgehead atoms. The van der Waals surface area contributed by atoms with E-state index in [2.05, 4.69) is 5.32 Å². The molecule has 9 heteroatoms. The predicted octanol–water partition coefficient (Wildman–Crippen LogP) is 2.10. The highest BCUT2D eigenvalue weighted by molar-refractivity contribution is 7.99. The minimum absolute atomic E-state index is 0.0581. The number of aromatic nitrogens is 1. The minimum atomic E-state index is -0.978. The molecule has 0 aliphatic rings. The van der Waals surface area contributed by atoms with Crippen molar-refractivity contribution in [2.75, 3.05) is 11.1 Å². The van der Waals surface area contributed by atoms with Gasteiger partial charge in [0.1, 0.15) is 0 Å². The normalized spacial score (nSPS) is 10.2. The summed E-state index contributed by atoms with van der Waals surface area (Å²) in [7, 11) is 0. The molecule has 1 heterocycles. The van der Waals surface area contributed by atoms with E-state index in [4.69, 9.17) is 0 Å². The molecule has 2 rings (SSSR count). The summed E-state index contributed by atoms with van der Waals surface area (Å²) in [5.74, 6) is -1.50. The fourth-order valence-electron chi connectivity index (χ4n) is 1.59. The summed E-state index contributed by atoms with van der Waals surface area (Å²) in [6.07, 6.45) is 1.31. The van der Waals surface area contributed by atoms with Crippen LogP contribution in [0, 0.1) is 21.1 Å². The highest BCUT2D eigenvalue weighted by Gasteiger charge is 2.16. The summed E-state index contributed by atoms with van der Waals surface area (Å²) < 4.78 is 13.8. The van der Waals surface area contributed by atoms with Crippen molar-refractivity contribution in [3.05, 3.63) is 63.7 Å². The first-order chi connectivity index (χ1) is 10.5.